The first-order chi connectivity index (χ1) is 12.6. The summed E-state index contributed by atoms with van der Waals surface area (Å²) in [5.41, 5.74) is 1.77. The standard InChI is InChI=1S/C20H22ClN3O2/c1-15(26-14-16-5-3-2-4-6-16)24-12-11-22-13-19(24)20(25)23-18-9-7-17(21)8-10-18/h2-10,19,22H,1,11-14H2,(H,23,25). The molecule has 5 nitrogen and oxygen atoms in total. The molecule has 0 aromatic heterocycles. The van der Waals surface area contributed by atoms with Gasteiger partial charge >= 0.3 is 0 Å². The van der Waals surface area contributed by atoms with Gasteiger partial charge in [-0.2, -0.15) is 0 Å². The molecule has 26 heavy (non-hydrogen) atoms. The van der Waals surface area contributed by atoms with Crippen LogP contribution >= 0.6 is 11.6 Å². The average molecular weight is 372 g/mol. The molecule has 0 bridgehead atoms. The molecule has 1 saturated heterocycles. The van der Waals surface area contributed by atoms with E-state index >= 15 is 0 Å². The van der Waals surface area contributed by atoms with Crippen LogP contribution in [-0.4, -0.2) is 36.5 Å². The number of anilines is 1. The average Bonchev–Trinajstić information content (AvgIpc) is 2.68. The first-order valence-corrected chi connectivity index (χ1v) is 8.91. The van der Waals surface area contributed by atoms with E-state index in [1.807, 2.05) is 35.2 Å². The monoisotopic (exact) mass is 371 g/mol. The van der Waals surface area contributed by atoms with E-state index in [-0.39, 0.29) is 11.9 Å². The van der Waals surface area contributed by atoms with Gasteiger partial charge in [0.2, 0.25) is 5.91 Å². The lowest BCUT2D eigenvalue weighted by molar-refractivity contribution is -0.122. The van der Waals surface area contributed by atoms with Crippen LogP contribution in [0.5, 0.6) is 0 Å². The van der Waals surface area contributed by atoms with Crippen molar-refractivity contribution in [3.05, 3.63) is 77.6 Å². The predicted molar refractivity (Wildman–Crippen MR) is 104 cm³/mol. The van der Waals surface area contributed by atoms with Gasteiger partial charge in [-0.05, 0) is 36.4 Å². The van der Waals surface area contributed by atoms with Crippen LogP contribution in [0, 0.1) is 0 Å². The Labute approximate surface area is 158 Å². The minimum absolute atomic E-state index is 0.107. The number of hydrogen-bond donors (Lipinski definition) is 2. The molecule has 1 heterocycles. The fourth-order valence-corrected chi connectivity index (χ4v) is 2.95. The number of amides is 1. The van der Waals surface area contributed by atoms with E-state index in [1.54, 1.807) is 24.3 Å². The van der Waals surface area contributed by atoms with E-state index in [0.29, 0.717) is 36.3 Å². The van der Waals surface area contributed by atoms with Gasteiger partial charge in [0.25, 0.3) is 0 Å². The number of benzene rings is 2. The maximum Gasteiger partial charge on any atom is 0.248 e. The van der Waals surface area contributed by atoms with Crippen molar-refractivity contribution in [1.82, 2.24) is 10.2 Å². The van der Waals surface area contributed by atoms with E-state index < -0.39 is 0 Å². The van der Waals surface area contributed by atoms with Crippen LogP contribution in [-0.2, 0) is 16.1 Å². The van der Waals surface area contributed by atoms with Gasteiger partial charge in [0.05, 0.1) is 0 Å². The van der Waals surface area contributed by atoms with Crippen LogP contribution in [0.25, 0.3) is 0 Å². The molecule has 0 radical (unpaired) electrons. The number of piperazine rings is 1. The van der Waals surface area contributed by atoms with Crippen LogP contribution in [0.2, 0.25) is 5.02 Å². The Morgan fingerprint density at radius 3 is 2.69 bits per heavy atom. The molecule has 1 fully saturated rings. The van der Waals surface area contributed by atoms with Gasteiger partial charge in [0.15, 0.2) is 5.88 Å². The lowest BCUT2D eigenvalue weighted by Gasteiger charge is -2.37. The van der Waals surface area contributed by atoms with Gasteiger partial charge in [-0.15, -0.1) is 0 Å². The third-order valence-electron chi connectivity index (χ3n) is 4.23. The molecule has 0 saturated carbocycles. The second-order valence-electron chi connectivity index (χ2n) is 6.08. The quantitative estimate of drug-likeness (QED) is 0.765. The summed E-state index contributed by atoms with van der Waals surface area (Å²) < 4.78 is 5.82. The molecule has 6 heteroatoms. The largest absolute Gasteiger partial charge is 0.475 e. The zero-order chi connectivity index (χ0) is 18.4. The fraction of sp³-hybridized carbons (Fsp3) is 0.250. The van der Waals surface area contributed by atoms with Crippen LogP contribution in [0.4, 0.5) is 5.69 Å². The number of carbonyl (C=O) groups is 1. The minimum atomic E-state index is -0.386. The van der Waals surface area contributed by atoms with Gasteiger partial charge in [-0.25, -0.2) is 0 Å². The summed E-state index contributed by atoms with van der Waals surface area (Å²) in [7, 11) is 0. The topological polar surface area (TPSA) is 53.6 Å². The van der Waals surface area contributed by atoms with Crippen molar-refractivity contribution in [2.24, 2.45) is 0 Å². The van der Waals surface area contributed by atoms with Gasteiger partial charge in [-0.3, -0.25) is 4.79 Å². The molecule has 1 unspecified atom stereocenters. The smallest absolute Gasteiger partial charge is 0.248 e. The molecular formula is C20H22ClN3O2. The highest BCUT2D eigenvalue weighted by atomic mass is 35.5. The summed E-state index contributed by atoms with van der Waals surface area (Å²) in [6, 6.07) is 16.6. The predicted octanol–water partition coefficient (Wildman–Crippen LogP) is 3.24. The number of nitrogens with one attached hydrogen (secondary N) is 2. The Bertz CT molecular complexity index is 749. The molecule has 3 rings (SSSR count). The van der Waals surface area contributed by atoms with Gasteiger partial charge in [0.1, 0.15) is 12.6 Å². The van der Waals surface area contributed by atoms with Gasteiger partial charge in [0, 0.05) is 30.3 Å². The number of rotatable bonds is 6. The number of halogens is 1. The Morgan fingerprint density at radius 1 is 1.23 bits per heavy atom. The molecule has 136 valence electrons. The Morgan fingerprint density at radius 2 is 1.96 bits per heavy atom. The highest BCUT2D eigenvalue weighted by Crippen LogP contribution is 2.18. The van der Waals surface area contributed by atoms with Crippen molar-refractivity contribution in [3.8, 4) is 0 Å². The third-order valence-corrected chi connectivity index (χ3v) is 4.48. The molecule has 2 aromatic carbocycles. The Balaban J connectivity index is 1.61. The summed E-state index contributed by atoms with van der Waals surface area (Å²) in [6.07, 6.45) is 0. The summed E-state index contributed by atoms with van der Waals surface area (Å²) in [5, 5.41) is 6.80. The molecule has 0 aliphatic carbocycles. The molecule has 2 aromatic rings. The maximum atomic E-state index is 12.7. The first kappa shape index (κ1) is 18.3. The fourth-order valence-electron chi connectivity index (χ4n) is 2.82. The van der Waals surface area contributed by atoms with Crippen LogP contribution in [0.1, 0.15) is 5.56 Å². The Hall–Kier alpha value is -2.50. The number of hydrogen-bond acceptors (Lipinski definition) is 4. The first-order valence-electron chi connectivity index (χ1n) is 8.53. The summed E-state index contributed by atoms with van der Waals surface area (Å²) in [6.45, 7) is 6.42. The molecule has 0 spiro atoms. The highest BCUT2D eigenvalue weighted by molar-refractivity contribution is 6.30. The van der Waals surface area contributed by atoms with Gasteiger partial charge in [-0.1, -0.05) is 41.9 Å². The highest BCUT2D eigenvalue weighted by Gasteiger charge is 2.30. The maximum absolute atomic E-state index is 12.7. The lowest BCUT2D eigenvalue weighted by atomic mass is 10.1. The van der Waals surface area contributed by atoms with E-state index in [2.05, 4.69) is 17.2 Å². The zero-order valence-corrected chi connectivity index (χ0v) is 15.2. The van der Waals surface area contributed by atoms with Crippen molar-refractivity contribution in [1.29, 1.82) is 0 Å². The molecule has 1 amide bonds. The van der Waals surface area contributed by atoms with Crippen molar-refractivity contribution >= 4 is 23.2 Å². The lowest BCUT2D eigenvalue weighted by Crippen LogP contribution is -2.56. The SMILES string of the molecule is C=C(OCc1ccccc1)N1CCNCC1C(=O)Nc1ccc(Cl)cc1. The van der Waals surface area contributed by atoms with Crippen LogP contribution in [0.3, 0.4) is 0 Å². The van der Waals surface area contributed by atoms with E-state index in [9.17, 15) is 4.79 Å². The normalized spacial score (nSPS) is 16.8. The van der Waals surface area contributed by atoms with Crippen LogP contribution in [0.15, 0.2) is 67.1 Å². The molecular weight excluding hydrogens is 350 g/mol. The van der Waals surface area contributed by atoms with Crippen molar-refractivity contribution in [2.75, 3.05) is 25.0 Å². The number of carbonyl (C=O) groups excluding carboxylic acids is 1. The zero-order valence-electron chi connectivity index (χ0n) is 14.5. The number of nitrogens with zero attached hydrogens (tertiary/aromatic N) is 1. The van der Waals surface area contributed by atoms with Crippen molar-refractivity contribution in [2.45, 2.75) is 12.6 Å². The van der Waals surface area contributed by atoms with Crippen LogP contribution < -0.4 is 10.6 Å². The molecule has 1 aliphatic heterocycles. The van der Waals surface area contributed by atoms with Crippen molar-refractivity contribution in [3.63, 3.8) is 0 Å². The number of ether oxygens (including phenoxy) is 1. The summed E-state index contributed by atoms with van der Waals surface area (Å²) >= 11 is 5.89. The molecule has 2 N–H and O–H groups in total. The van der Waals surface area contributed by atoms with Gasteiger partial charge < -0.3 is 20.3 Å². The van der Waals surface area contributed by atoms with E-state index in [4.69, 9.17) is 16.3 Å². The van der Waals surface area contributed by atoms with E-state index in [1.165, 1.54) is 0 Å². The van der Waals surface area contributed by atoms with E-state index in [0.717, 1.165) is 12.1 Å². The summed E-state index contributed by atoms with van der Waals surface area (Å²) in [5.74, 6) is 0.399. The Kier molecular flexibility index (Phi) is 6.15. The van der Waals surface area contributed by atoms with Crippen molar-refractivity contribution < 1.29 is 9.53 Å². The molecule has 1 atom stereocenters. The second-order valence-corrected chi connectivity index (χ2v) is 6.51. The molecule has 1 aliphatic rings. The minimum Gasteiger partial charge on any atom is -0.475 e. The summed E-state index contributed by atoms with van der Waals surface area (Å²) in [4.78, 5) is 14.6. The third kappa shape index (κ3) is 4.77. The second kappa shape index (κ2) is 8.74.